The molecule has 1 aromatic rings. The van der Waals surface area contributed by atoms with Crippen LogP contribution < -0.4 is 15.4 Å². The summed E-state index contributed by atoms with van der Waals surface area (Å²) in [5.41, 5.74) is 0.400. The molecular weight excluding hydrogens is 348 g/mol. The number of ether oxygens (including phenoxy) is 2. The van der Waals surface area contributed by atoms with Gasteiger partial charge in [0.2, 0.25) is 0 Å². The summed E-state index contributed by atoms with van der Waals surface area (Å²) in [7, 11) is 1.54. The van der Waals surface area contributed by atoms with E-state index in [0.717, 1.165) is 0 Å². The summed E-state index contributed by atoms with van der Waals surface area (Å²) in [6, 6.07) is 5.69. The van der Waals surface area contributed by atoms with E-state index in [1.807, 2.05) is 13.8 Å². The predicted molar refractivity (Wildman–Crippen MR) is 102 cm³/mol. The Hall–Kier alpha value is -2.57. The zero-order valence-electron chi connectivity index (χ0n) is 16.9. The topological polar surface area (TPSA) is 93.7 Å². The first-order valence-electron chi connectivity index (χ1n) is 9.08. The van der Waals surface area contributed by atoms with Crippen molar-refractivity contribution in [1.82, 2.24) is 10.6 Å². The first-order chi connectivity index (χ1) is 12.6. The van der Waals surface area contributed by atoms with Gasteiger partial charge < -0.3 is 20.1 Å². The molecule has 2 amide bonds. The zero-order chi connectivity index (χ0) is 20.6. The van der Waals surface area contributed by atoms with E-state index in [4.69, 9.17) is 9.47 Å². The fraction of sp³-hybridized carbons (Fsp3) is 0.550. The number of amides is 2. The van der Waals surface area contributed by atoms with E-state index in [0.29, 0.717) is 23.8 Å². The molecule has 1 rings (SSSR count). The lowest BCUT2D eigenvalue weighted by Crippen LogP contribution is -2.48. The Kier molecular flexibility index (Phi) is 8.78. The average Bonchev–Trinajstić information content (AvgIpc) is 2.63. The second-order valence-electron chi connectivity index (χ2n) is 7.14. The lowest BCUT2D eigenvalue weighted by atomic mass is 10.0. The van der Waals surface area contributed by atoms with Crippen molar-refractivity contribution in [2.24, 2.45) is 11.8 Å². The van der Waals surface area contributed by atoms with Crippen LogP contribution in [0.4, 0.5) is 0 Å². The molecule has 2 N–H and O–H groups in total. The van der Waals surface area contributed by atoms with Gasteiger partial charge in [-0.3, -0.25) is 9.59 Å². The number of methoxy groups -OCH3 is 1. The number of hydrogen-bond donors (Lipinski definition) is 2. The summed E-state index contributed by atoms with van der Waals surface area (Å²) in [4.78, 5) is 36.9. The maximum absolute atomic E-state index is 12.5. The molecule has 27 heavy (non-hydrogen) atoms. The van der Waals surface area contributed by atoms with Gasteiger partial charge in [0.05, 0.1) is 7.11 Å². The van der Waals surface area contributed by atoms with E-state index in [1.54, 1.807) is 45.2 Å². The quantitative estimate of drug-likeness (QED) is 0.642. The van der Waals surface area contributed by atoms with Gasteiger partial charge >= 0.3 is 5.97 Å². The standard InChI is InChI=1S/C20H30N2O5/c1-12(2)11-21-18(23)14(5)27-20(25)17(13(3)4)22-19(24)15-7-9-16(26-6)10-8-15/h7-10,12-14,17H,11H2,1-6H3,(H,21,23)(H,22,24)/t14-,17+/m1/s1. The third kappa shape index (κ3) is 7.29. The van der Waals surface area contributed by atoms with E-state index < -0.39 is 24.0 Å². The van der Waals surface area contributed by atoms with Gasteiger partial charge in [0.1, 0.15) is 11.8 Å². The molecule has 7 nitrogen and oxygen atoms in total. The zero-order valence-corrected chi connectivity index (χ0v) is 16.9. The number of carbonyl (C=O) groups is 3. The van der Waals surface area contributed by atoms with Gasteiger partial charge in [-0.05, 0) is 43.0 Å². The van der Waals surface area contributed by atoms with Gasteiger partial charge in [-0.1, -0.05) is 27.7 Å². The van der Waals surface area contributed by atoms with Crippen LogP contribution in [-0.2, 0) is 14.3 Å². The Balaban J connectivity index is 2.71. The normalized spacial score (nSPS) is 13.0. The van der Waals surface area contributed by atoms with Crippen LogP contribution in [0.2, 0.25) is 0 Å². The molecule has 0 aliphatic heterocycles. The second-order valence-corrected chi connectivity index (χ2v) is 7.14. The van der Waals surface area contributed by atoms with Gasteiger partial charge in [-0.2, -0.15) is 0 Å². The highest BCUT2D eigenvalue weighted by Gasteiger charge is 2.29. The highest BCUT2D eigenvalue weighted by atomic mass is 16.5. The van der Waals surface area contributed by atoms with Crippen LogP contribution >= 0.6 is 0 Å². The monoisotopic (exact) mass is 378 g/mol. The number of carbonyl (C=O) groups excluding carboxylic acids is 3. The second kappa shape index (κ2) is 10.5. The minimum Gasteiger partial charge on any atom is -0.497 e. The lowest BCUT2D eigenvalue weighted by Gasteiger charge is -2.23. The molecule has 0 unspecified atom stereocenters. The molecule has 7 heteroatoms. The van der Waals surface area contributed by atoms with Crippen molar-refractivity contribution in [3.8, 4) is 5.75 Å². The van der Waals surface area contributed by atoms with Crippen LogP contribution in [0, 0.1) is 11.8 Å². The smallest absolute Gasteiger partial charge is 0.329 e. The van der Waals surface area contributed by atoms with E-state index in [2.05, 4.69) is 10.6 Å². The molecule has 0 aliphatic carbocycles. The van der Waals surface area contributed by atoms with Crippen molar-refractivity contribution >= 4 is 17.8 Å². The molecule has 1 aromatic carbocycles. The molecule has 0 saturated heterocycles. The Labute approximate surface area is 160 Å². The molecule has 0 spiro atoms. The highest BCUT2D eigenvalue weighted by molar-refractivity contribution is 5.97. The summed E-state index contributed by atoms with van der Waals surface area (Å²) < 4.78 is 10.3. The van der Waals surface area contributed by atoms with Gasteiger partial charge in [-0.15, -0.1) is 0 Å². The summed E-state index contributed by atoms with van der Waals surface area (Å²) >= 11 is 0. The molecule has 0 radical (unpaired) electrons. The van der Waals surface area contributed by atoms with Crippen molar-refractivity contribution in [3.05, 3.63) is 29.8 Å². The van der Waals surface area contributed by atoms with Gasteiger partial charge in [0, 0.05) is 12.1 Å². The van der Waals surface area contributed by atoms with E-state index in [-0.39, 0.29) is 11.8 Å². The molecule has 150 valence electrons. The number of benzene rings is 1. The minimum absolute atomic E-state index is 0.203. The average molecular weight is 378 g/mol. The molecule has 0 aliphatic rings. The predicted octanol–water partition coefficient (Wildman–Crippen LogP) is 2.15. The molecule has 2 atom stereocenters. The molecule has 0 heterocycles. The third-order valence-corrected chi connectivity index (χ3v) is 3.91. The van der Waals surface area contributed by atoms with Crippen LogP contribution in [0.25, 0.3) is 0 Å². The first kappa shape index (κ1) is 22.5. The van der Waals surface area contributed by atoms with Crippen molar-refractivity contribution in [2.45, 2.75) is 46.8 Å². The van der Waals surface area contributed by atoms with Crippen LogP contribution in [0.5, 0.6) is 5.75 Å². The van der Waals surface area contributed by atoms with Crippen LogP contribution in [0.3, 0.4) is 0 Å². The Bertz CT molecular complexity index is 640. The van der Waals surface area contributed by atoms with Crippen molar-refractivity contribution in [2.75, 3.05) is 13.7 Å². The molecule has 0 bridgehead atoms. The van der Waals surface area contributed by atoms with Gasteiger partial charge in [0.15, 0.2) is 6.10 Å². The summed E-state index contributed by atoms with van der Waals surface area (Å²) in [6.07, 6.45) is -0.935. The maximum atomic E-state index is 12.5. The summed E-state index contributed by atoms with van der Waals surface area (Å²) in [5, 5.41) is 5.40. The van der Waals surface area contributed by atoms with Crippen molar-refractivity contribution < 1.29 is 23.9 Å². The van der Waals surface area contributed by atoms with Crippen LogP contribution in [-0.4, -0.2) is 43.6 Å². The maximum Gasteiger partial charge on any atom is 0.329 e. The third-order valence-electron chi connectivity index (χ3n) is 3.91. The van der Waals surface area contributed by atoms with Gasteiger partial charge in [0.25, 0.3) is 11.8 Å². The van der Waals surface area contributed by atoms with Crippen LogP contribution in [0.1, 0.15) is 45.0 Å². The summed E-state index contributed by atoms with van der Waals surface area (Å²) in [6.45, 7) is 9.55. The SMILES string of the molecule is COc1ccc(C(=O)N[C@H](C(=O)O[C@H](C)C(=O)NCC(C)C)C(C)C)cc1. The Morgan fingerprint density at radius 2 is 1.59 bits per heavy atom. The first-order valence-corrected chi connectivity index (χ1v) is 9.08. The highest BCUT2D eigenvalue weighted by Crippen LogP contribution is 2.13. The Morgan fingerprint density at radius 1 is 1.00 bits per heavy atom. The van der Waals surface area contributed by atoms with E-state index in [1.165, 1.54) is 6.92 Å². The largest absolute Gasteiger partial charge is 0.497 e. The van der Waals surface area contributed by atoms with E-state index >= 15 is 0 Å². The number of hydrogen-bond acceptors (Lipinski definition) is 5. The fourth-order valence-corrected chi connectivity index (χ4v) is 2.21. The molecule has 0 fully saturated rings. The van der Waals surface area contributed by atoms with Gasteiger partial charge in [-0.25, -0.2) is 4.79 Å². The fourth-order valence-electron chi connectivity index (χ4n) is 2.21. The lowest BCUT2D eigenvalue weighted by molar-refractivity contribution is -0.157. The van der Waals surface area contributed by atoms with Crippen molar-refractivity contribution in [3.63, 3.8) is 0 Å². The molecule has 0 aromatic heterocycles. The Morgan fingerprint density at radius 3 is 2.07 bits per heavy atom. The summed E-state index contributed by atoms with van der Waals surface area (Å²) in [5.74, 6) is -0.674. The minimum atomic E-state index is -0.935. The molecule has 0 saturated carbocycles. The number of esters is 1. The number of nitrogens with one attached hydrogen (secondary N) is 2. The van der Waals surface area contributed by atoms with Crippen molar-refractivity contribution in [1.29, 1.82) is 0 Å². The molecular formula is C20H30N2O5. The number of rotatable bonds is 9. The van der Waals surface area contributed by atoms with E-state index in [9.17, 15) is 14.4 Å². The van der Waals surface area contributed by atoms with Crippen LogP contribution in [0.15, 0.2) is 24.3 Å².